The van der Waals surface area contributed by atoms with Crippen LogP contribution >= 0.6 is 11.6 Å². The first-order valence-electron chi connectivity index (χ1n) is 10.6. The molecule has 3 aromatic rings. The van der Waals surface area contributed by atoms with Gasteiger partial charge in [0.25, 0.3) is 0 Å². The Morgan fingerprint density at radius 3 is 2.24 bits per heavy atom. The lowest BCUT2D eigenvalue weighted by Gasteiger charge is -2.18. The number of rotatable bonds is 10. The van der Waals surface area contributed by atoms with E-state index < -0.39 is 21.9 Å². The minimum Gasteiger partial charge on any atom is -0.387 e. The first kappa shape index (κ1) is 25.7. The van der Waals surface area contributed by atoms with E-state index in [0.29, 0.717) is 18.0 Å². The number of hydrogen-bond acceptors (Lipinski definition) is 7. The van der Waals surface area contributed by atoms with E-state index in [1.165, 1.54) is 31.2 Å². The van der Waals surface area contributed by atoms with E-state index in [4.69, 9.17) is 16.5 Å². The Labute approximate surface area is 204 Å². The number of hydrogen-bond donors (Lipinski definition) is 2. The molecule has 0 aromatic heterocycles. The van der Waals surface area contributed by atoms with E-state index in [1.54, 1.807) is 42.5 Å². The van der Waals surface area contributed by atoms with Crippen LogP contribution in [0, 0.1) is 0 Å². The van der Waals surface area contributed by atoms with Crippen LogP contribution in [0.1, 0.15) is 31.1 Å². The number of halogens is 1. The number of sulfone groups is 1. The van der Waals surface area contributed by atoms with Crippen molar-refractivity contribution in [2.75, 3.05) is 6.54 Å². The summed E-state index contributed by atoms with van der Waals surface area (Å²) in [5.41, 5.74) is 1.70. The molecule has 0 fully saturated rings. The number of aliphatic hydroxyl groups excluding tert-OH is 1. The molecule has 0 aliphatic heterocycles. The largest absolute Gasteiger partial charge is 0.387 e. The van der Waals surface area contributed by atoms with Crippen LogP contribution in [0.25, 0.3) is 0 Å². The van der Waals surface area contributed by atoms with Gasteiger partial charge in [-0.1, -0.05) is 35.9 Å². The SMILES string of the molecule is CC(=O)OOc1ccc(S(=O)(=O)c2ccc(C[C@@H](C)NC[C@H](O)c3cccc(Cl)c3)cc2)cc1. The van der Waals surface area contributed by atoms with Crippen LogP contribution in [0.2, 0.25) is 5.02 Å². The Morgan fingerprint density at radius 2 is 1.65 bits per heavy atom. The van der Waals surface area contributed by atoms with Crippen LogP contribution in [0.15, 0.2) is 82.6 Å². The lowest BCUT2D eigenvalue weighted by Crippen LogP contribution is -2.32. The van der Waals surface area contributed by atoms with Gasteiger partial charge in [0, 0.05) is 24.5 Å². The maximum absolute atomic E-state index is 12.9. The quantitative estimate of drug-likeness (QED) is 0.314. The first-order valence-corrected chi connectivity index (χ1v) is 12.5. The molecule has 0 saturated heterocycles. The van der Waals surface area contributed by atoms with Crippen molar-refractivity contribution in [3.05, 3.63) is 88.9 Å². The zero-order valence-electron chi connectivity index (χ0n) is 18.8. The molecular weight excluding hydrogens is 478 g/mol. The fourth-order valence-corrected chi connectivity index (χ4v) is 4.75. The second-order valence-electron chi connectivity index (χ2n) is 7.86. The summed E-state index contributed by atoms with van der Waals surface area (Å²) < 4.78 is 25.8. The smallest absolute Gasteiger partial charge is 0.352 e. The molecule has 0 aliphatic rings. The molecule has 3 rings (SSSR count). The Hall–Kier alpha value is -2.91. The van der Waals surface area contributed by atoms with Gasteiger partial charge in [0.15, 0.2) is 5.75 Å². The van der Waals surface area contributed by atoms with Crippen LogP contribution in [0.5, 0.6) is 5.75 Å². The number of carbonyl (C=O) groups is 1. The summed E-state index contributed by atoms with van der Waals surface area (Å²) >= 11 is 5.98. The molecular formula is C25H26ClNO6S. The predicted octanol–water partition coefficient (Wildman–Crippen LogP) is 4.28. The van der Waals surface area contributed by atoms with E-state index in [1.807, 2.05) is 13.0 Å². The van der Waals surface area contributed by atoms with Crippen LogP contribution in [0.3, 0.4) is 0 Å². The molecule has 0 bridgehead atoms. The molecule has 2 N–H and O–H groups in total. The fourth-order valence-electron chi connectivity index (χ4n) is 3.29. The van der Waals surface area contributed by atoms with Crippen molar-refractivity contribution >= 4 is 27.4 Å². The van der Waals surface area contributed by atoms with Crippen LogP contribution in [-0.4, -0.2) is 32.1 Å². The summed E-state index contributed by atoms with van der Waals surface area (Å²) in [7, 11) is -3.71. The van der Waals surface area contributed by atoms with Gasteiger partial charge in [0.2, 0.25) is 9.84 Å². The molecule has 0 radical (unpaired) electrons. The number of carbonyl (C=O) groups excluding carboxylic acids is 1. The Bertz CT molecular complexity index is 1210. The highest BCUT2D eigenvalue weighted by molar-refractivity contribution is 7.91. The third-order valence-corrected chi connectivity index (χ3v) is 7.08. The lowest BCUT2D eigenvalue weighted by atomic mass is 10.1. The highest BCUT2D eigenvalue weighted by Gasteiger charge is 2.18. The van der Waals surface area contributed by atoms with Crippen molar-refractivity contribution in [3.8, 4) is 5.75 Å². The summed E-state index contributed by atoms with van der Waals surface area (Å²) in [6.45, 7) is 3.56. The molecule has 0 spiro atoms. The molecule has 9 heteroatoms. The maximum Gasteiger partial charge on any atom is 0.352 e. The maximum atomic E-state index is 12.9. The van der Waals surface area contributed by atoms with Gasteiger partial charge in [-0.2, -0.15) is 0 Å². The minimum absolute atomic E-state index is 0.0565. The lowest BCUT2D eigenvalue weighted by molar-refractivity contribution is -0.210. The van der Waals surface area contributed by atoms with E-state index in [2.05, 4.69) is 10.2 Å². The second-order valence-corrected chi connectivity index (χ2v) is 10.2. The summed E-state index contributed by atoms with van der Waals surface area (Å²) in [5, 5.41) is 14.2. The summed E-state index contributed by atoms with van der Waals surface area (Å²) in [5.74, 6) is -0.398. The van der Waals surface area contributed by atoms with E-state index in [9.17, 15) is 18.3 Å². The average Bonchev–Trinajstić information content (AvgIpc) is 2.82. The Kier molecular flexibility index (Phi) is 8.68. The molecule has 0 saturated carbocycles. The van der Waals surface area contributed by atoms with Crippen LogP contribution in [0.4, 0.5) is 0 Å². The summed E-state index contributed by atoms with van der Waals surface area (Å²) in [6.07, 6.45) is -0.0235. The van der Waals surface area contributed by atoms with Gasteiger partial charge in [0.05, 0.1) is 15.9 Å². The van der Waals surface area contributed by atoms with Gasteiger partial charge in [-0.25, -0.2) is 13.2 Å². The Morgan fingerprint density at radius 1 is 1.03 bits per heavy atom. The number of nitrogens with one attached hydrogen (secondary N) is 1. The first-order chi connectivity index (χ1) is 16.1. The molecule has 7 nitrogen and oxygen atoms in total. The zero-order valence-corrected chi connectivity index (χ0v) is 20.3. The molecule has 34 heavy (non-hydrogen) atoms. The molecule has 0 amide bonds. The molecule has 2 atom stereocenters. The standard InChI is InChI=1S/C25H26ClNO6S/c1-17(27-16-25(29)20-4-3-5-21(26)15-20)14-19-6-10-23(11-7-19)34(30,31)24-12-8-22(9-13-24)33-32-18(2)28/h3-13,15,17,25,27,29H,14,16H2,1-2H3/t17-,25+/m1/s1. The third kappa shape index (κ3) is 7.04. The highest BCUT2D eigenvalue weighted by atomic mass is 35.5. The molecule has 0 aliphatic carbocycles. The Balaban J connectivity index is 1.57. The second kappa shape index (κ2) is 11.5. The van der Waals surface area contributed by atoms with Gasteiger partial charge in [0.1, 0.15) is 0 Å². The molecule has 0 heterocycles. The zero-order chi connectivity index (χ0) is 24.7. The summed E-state index contributed by atoms with van der Waals surface area (Å²) in [6, 6.07) is 19.5. The van der Waals surface area contributed by atoms with E-state index in [0.717, 1.165) is 11.1 Å². The van der Waals surface area contributed by atoms with Crippen molar-refractivity contribution in [1.82, 2.24) is 5.32 Å². The number of benzene rings is 3. The third-order valence-electron chi connectivity index (χ3n) is 5.06. The van der Waals surface area contributed by atoms with Crippen molar-refractivity contribution in [1.29, 1.82) is 0 Å². The van der Waals surface area contributed by atoms with Crippen LogP contribution < -0.4 is 10.2 Å². The van der Waals surface area contributed by atoms with Crippen molar-refractivity contribution in [2.24, 2.45) is 0 Å². The fraction of sp³-hybridized carbons (Fsp3) is 0.240. The van der Waals surface area contributed by atoms with Gasteiger partial charge >= 0.3 is 5.97 Å². The van der Waals surface area contributed by atoms with Gasteiger partial charge in [-0.15, -0.1) is 0 Å². The van der Waals surface area contributed by atoms with Gasteiger partial charge in [-0.3, -0.25) is 9.78 Å². The monoisotopic (exact) mass is 503 g/mol. The normalized spacial score (nSPS) is 13.2. The van der Waals surface area contributed by atoms with Crippen molar-refractivity contribution in [2.45, 2.75) is 42.2 Å². The van der Waals surface area contributed by atoms with E-state index in [-0.39, 0.29) is 21.6 Å². The topological polar surface area (TPSA) is 102 Å². The minimum atomic E-state index is -3.71. The number of aliphatic hydroxyl groups is 1. The molecule has 180 valence electrons. The highest BCUT2D eigenvalue weighted by Crippen LogP contribution is 2.24. The van der Waals surface area contributed by atoms with Gasteiger partial charge in [-0.05, 0) is 73.0 Å². The van der Waals surface area contributed by atoms with Crippen molar-refractivity contribution in [3.63, 3.8) is 0 Å². The van der Waals surface area contributed by atoms with Gasteiger partial charge < -0.3 is 10.4 Å². The summed E-state index contributed by atoms with van der Waals surface area (Å²) in [4.78, 5) is 20.3. The van der Waals surface area contributed by atoms with Crippen LogP contribution in [-0.2, 0) is 25.9 Å². The van der Waals surface area contributed by atoms with E-state index >= 15 is 0 Å². The molecule has 0 unspecified atom stereocenters. The average molecular weight is 504 g/mol. The predicted molar refractivity (Wildman–Crippen MR) is 128 cm³/mol. The van der Waals surface area contributed by atoms with Crippen molar-refractivity contribution < 1.29 is 28.1 Å². The molecule has 3 aromatic carbocycles.